The molecule has 1 aliphatic rings. The standard InChI is InChI=1S/C20H21NO3/c1-20(2)17-10-9-15(24-3)13-16(17)18(22)21(19(20)23)12-11-14-7-5-4-6-8-14/h4-10,13H,11-12H2,1-3H3. The summed E-state index contributed by atoms with van der Waals surface area (Å²) >= 11 is 0. The molecular formula is C20H21NO3. The van der Waals surface area contributed by atoms with E-state index in [-0.39, 0.29) is 11.8 Å². The van der Waals surface area contributed by atoms with Crippen molar-refractivity contribution in [2.75, 3.05) is 13.7 Å². The lowest BCUT2D eigenvalue weighted by molar-refractivity contribution is -0.134. The number of carbonyl (C=O) groups excluding carboxylic acids is 2. The molecule has 3 rings (SSSR count). The van der Waals surface area contributed by atoms with Gasteiger partial charge in [-0.25, -0.2) is 0 Å². The van der Waals surface area contributed by atoms with Crippen molar-refractivity contribution < 1.29 is 14.3 Å². The van der Waals surface area contributed by atoms with Crippen LogP contribution in [0, 0.1) is 0 Å². The molecule has 0 fully saturated rings. The van der Waals surface area contributed by atoms with Crippen molar-refractivity contribution in [3.05, 3.63) is 65.2 Å². The molecule has 124 valence electrons. The Morgan fingerprint density at radius 2 is 1.75 bits per heavy atom. The molecule has 2 aromatic rings. The Balaban J connectivity index is 1.93. The number of fused-ring (bicyclic) bond motifs is 1. The molecule has 2 aromatic carbocycles. The first-order valence-electron chi connectivity index (χ1n) is 8.04. The highest BCUT2D eigenvalue weighted by atomic mass is 16.5. The smallest absolute Gasteiger partial charge is 0.260 e. The highest BCUT2D eigenvalue weighted by molar-refractivity contribution is 6.13. The monoisotopic (exact) mass is 323 g/mol. The van der Waals surface area contributed by atoms with Crippen LogP contribution in [0.4, 0.5) is 0 Å². The predicted molar refractivity (Wildman–Crippen MR) is 92.2 cm³/mol. The van der Waals surface area contributed by atoms with Crippen LogP contribution in [0.15, 0.2) is 48.5 Å². The van der Waals surface area contributed by atoms with Gasteiger partial charge >= 0.3 is 0 Å². The van der Waals surface area contributed by atoms with E-state index in [0.29, 0.717) is 24.3 Å². The normalized spacial score (nSPS) is 16.0. The Morgan fingerprint density at radius 1 is 1.04 bits per heavy atom. The number of rotatable bonds is 4. The summed E-state index contributed by atoms with van der Waals surface area (Å²) in [5.74, 6) is 0.223. The van der Waals surface area contributed by atoms with E-state index < -0.39 is 5.41 Å². The van der Waals surface area contributed by atoms with E-state index >= 15 is 0 Å². The van der Waals surface area contributed by atoms with Crippen LogP contribution in [0.25, 0.3) is 0 Å². The first-order valence-corrected chi connectivity index (χ1v) is 8.04. The maximum absolute atomic E-state index is 12.9. The predicted octanol–water partition coefficient (Wildman–Crippen LogP) is 3.20. The first kappa shape index (κ1) is 16.2. The van der Waals surface area contributed by atoms with Crippen molar-refractivity contribution in [2.24, 2.45) is 0 Å². The summed E-state index contributed by atoms with van der Waals surface area (Å²) in [5, 5.41) is 0. The fourth-order valence-electron chi connectivity index (χ4n) is 3.15. The van der Waals surface area contributed by atoms with E-state index in [9.17, 15) is 9.59 Å². The van der Waals surface area contributed by atoms with Crippen LogP contribution in [-0.4, -0.2) is 30.4 Å². The molecule has 1 aliphatic heterocycles. The average Bonchev–Trinajstić information content (AvgIpc) is 2.60. The topological polar surface area (TPSA) is 46.6 Å². The number of ether oxygens (including phenoxy) is 1. The summed E-state index contributed by atoms with van der Waals surface area (Å²) in [7, 11) is 1.57. The van der Waals surface area contributed by atoms with Crippen molar-refractivity contribution >= 4 is 11.8 Å². The number of hydrogen-bond acceptors (Lipinski definition) is 3. The van der Waals surface area contributed by atoms with Gasteiger partial charge in [0.1, 0.15) is 5.75 Å². The number of imide groups is 1. The average molecular weight is 323 g/mol. The highest BCUT2D eigenvalue weighted by Gasteiger charge is 2.44. The number of benzene rings is 2. The van der Waals surface area contributed by atoms with Gasteiger partial charge in [-0.2, -0.15) is 0 Å². The van der Waals surface area contributed by atoms with E-state index in [4.69, 9.17) is 4.74 Å². The highest BCUT2D eigenvalue weighted by Crippen LogP contribution is 2.36. The van der Waals surface area contributed by atoms with Gasteiger partial charge in [-0.05, 0) is 43.5 Å². The Kier molecular flexibility index (Phi) is 4.14. The second kappa shape index (κ2) is 6.11. The van der Waals surface area contributed by atoms with Crippen LogP contribution in [0.1, 0.15) is 35.3 Å². The van der Waals surface area contributed by atoms with Crippen molar-refractivity contribution in [3.8, 4) is 5.75 Å². The maximum atomic E-state index is 12.9. The van der Waals surface area contributed by atoms with Crippen molar-refractivity contribution in [2.45, 2.75) is 25.7 Å². The number of hydrogen-bond donors (Lipinski definition) is 0. The quantitative estimate of drug-likeness (QED) is 0.812. The molecule has 2 amide bonds. The summed E-state index contributed by atoms with van der Waals surface area (Å²) < 4.78 is 5.23. The Bertz CT molecular complexity index is 781. The molecule has 0 saturated heterocycles. The number of amides is 2. The zero-order chi connectivity index (χ0) is 17.3. The molecule has 0 atom stereocenters. The third-order valence-electron chi connectivity index (χ3n) is 4.62. The van der Waals surface area contributed by atoms with E-state index in [1.54, 1.807) is 19.2 Å². The third kappa shape index (κ3) is 2.68. The summed E-state index contributed by atoms with van der Waals surface area (Å²) in [4.78, 5) is 27.1. The SMILES string of the molecule is COc1ccc2c(c1)C(=O)N(CCc1ccccc1)C(=O)C2(C)C. The van der Waals surface area contributed by atoms with Gasteiger partial charge in [0, 0.05) is 12.1 Å². The van der Waals surface area contributed by atoms with Gasteiger partial charge in [-0.3, -0.25) is 14.5 Å². The van der Waals surface area contributed by atoms with Gasteiger partial charge in [0.25, 0.3) is 5.91 Å². The van der Waals surface area contributed by atoms with Crippen molar-refractivity contribution in [1.82, 2.24) is 4.90 Å². The lowest BCUT2D eigenvalue weighted by Gasteiger charge is -2.37. The lowest BCUT2D eigenvalue weighted by atomic mass is 9.77. The van der Waals surface area contributed by atoms with Crippen LogP contribution in [-0.2, 0) is 16.6 Å². The van der Waals surface area contributed by atoms with Gasteiger partial charge in [-0.15, -0.1) is 0 Å². The summed E-state index contributed by atoms with van der Waals surface area (Å²) in [6.45, 7) is 4.10. The van der Waals surface area contributed by atoms with Crippen LogP contribution >= 0.6 is 0 Å². The second-order valence-electron chi connectivity index (χ2n) is 6.53. The number of nitrogens with zero attached hydrogens (tertiary/aromatic N) is 1. The van der Waals surface area contributed by atoms with E-state index in [0.717, 1.165) is 11.1 Å². The molecule has 0 unspecified atom stereocenters. The Hall–Kier alpha value is -2.62. The summed E-state index contributed by atoms with van der Waals surface area (Å²) in [5.41, 5.74) is 1.68. The van der Waals surface area contributed by atoms with Gasteiger partial charge in [0.15, 0.2) is 0 Å². The number of methoxy groups -OCH3 is 1. The second-order valence-corrected chi connectivity index (χ2v) is 6.53. The van der Waals surface area contributed by atoms with Crippen LogP contribution in [0.5, 0.6) is 5.75 Å². The molecule has 0 aliphatic carbocycles. The molecule has 0 saturated carbocycles. The van der Waals surface area contributed by atoms with E-state index in [2.05, 4.69) is 0 Å². The fourth-order valence-corrected chi connectivity index (χ4v) is 3.15. The Labute approximate surface area is 142 Å². The molecular weight excluding hydrogens is 302 g/mol. The molecule has 1 heterocycles. The Morgan fingerprint density at radius 3 is 2.42 bits per heavy atom. The van der Waals surface area contributed by atoms with Crippen LogP contribution in [0.2, 0.25) is 0 Å². The van der Waals surface area contributed by atoms with Crippen LogP contribution < -0.4 is 4.74 Å². The minimum atomic E-state index is -0.730. The number of carbonyl (C=O) groups is 2. The molecule has 4 nitrogen and oxygen atoms in total. The third-order valence-corrected chi connectivity index (χ3v) is 4.62. The molecule has 0 aromatic heterocycles. The largest absolute Gasteiger partial charge is 0.497 e. The summed E-state index contributed by atoms with van der Waals surface area (Å²) in [6.07, 6.45) is 0.647. The molecule has 24 heavy (non-hydrogen) atoms. The first-order chi connectivity index (χ1) is 11.4. The molecule has 0 radical (unpaired) electrons. The minimum absolute atomic E-state index is 0.152. The van der Waals surface area contributed by atoms with Crippen LogP contribution in [0.3, 0.4) is 0 Å². The molecule has 0 bridgehead atoms. The molecule has 4 heteroatoms. The fraction of sp³-hybridized carbons (Fsp3) is 0.300. The van der Waals surface area contributed by atoms with Gasteiger partial charge in [0.2, 0.25) is 5.91 Å². The zero-order valence-electron chi connectivity index (χ0n) is 14.2. The maximum Gasteiger partial charge on any atom is 0.260 e. The van der Waals surface area contributed by atoms with Gasteiger partial charge in [0.05, 0.1) is 12.5 Å². The minimum Gasteiger partial charge on any atom is -0.497 e. The van der Waals surface area contributed by atoms with Crippen molar-refractivity contribution in [3.63, 3.8) is 0 Å². The van der Waals surface area contributed by atoms with Crippen molar-refractivity contribution in [1.29, 1.82) is 0 Å². The van der Waals surface area contributed by atoms with Gasteiger partial charge in [-0.1, -0.05) is 36.4 Å². The van der Waals surface area contributed by atoms with E-state index in [1.165, 1.54) is 4.90 Å². The van der Waals surface area contributed by atoms with Gasteiger partial charge < -0.3 is 4.74 Å². The lowest BCUT2D eigenvalue weighted by Crippen LogP contribution is -2.52. The molecule has 0 spiro atoms. The zero-order valence-corrected chi connectivity index (χ0v) is 14.2. The summed E-state index contributed by atoms with van der Waals surface area (Å²) in [6, 6.07) is 15.2. The molecule has 0 N–H and O–H groups in total. The van der Waals surface area contributed by atoms with E-state index in [1.807, 2.05) is 50.2 Å².